The number of esters is 1. The average molecular weight is 240 g/mol. The van der Waals surface area contributed by atoms with Crippen LogP contribution in [-0.4, -0.2) is 33.7 Å². The lowest BCUT2D eigenvalue weighted by molar-refractivity contribution is -0.141. The van der Waals surface area contributed by atoms with Gasteiger partial charge in [0.2, 0.25) is 0 Å². The van der Waals surface area contributed by atoms with Crippen LogP contribution in [0.3, 0.4) is 0 Å². The van der Waals surface area contributed by atoms with Crippen LogP contribution in [0.15, 0.2) is 12.1 Å². The number of hydrogen-bond acceptors (Lipinski definition) is 6. The Hall–Kier alpha value is -2.24. The number of hydrogen-bond donors (Lipinski definition) is 3. The molecule has 17 heavy (non-hydrogen) atoms. The summed E-state index contributed by atoms with van der Waals surface area (Å²) in [7, 11) is 0. The van der Waals surface area contributed by atoms with Crippen LogP contribution in [-0.2, 0) is 9.53 Å². The minimum atomic E-state index is -0.779. The third kappa shape index (κ3) is 3.10. The fraction of sp³-hybridized carbons (Fsp3) is 0.273. The van der Waals surface area contributed by atoms with E-state index in [1.165, 1.54) is 0 Å². The first-order chi connectivity index (χ1) is 7.95. The van der Waals surface area contributed by atoms with Crippen molar-refractivity contribution in [1.29, 1.82) is 0 Å². The lowest BCUT2D eigenvalue weighted by atomic mass is 10.1. The predicted octanol–water partition coefficient (Wildman–Crippen LogP) is 0.939. The van der Waals surface area contributed by atoms with Gasteiger partial charge in [-0.2, -0.15) is 0 Å². The fourth-order valence-electron chi connectivity index (χ4n) is 1.31. The van der Waals surface area contributed by atoms with Crippen LogP contribution in [0.2, 0.25) is 0 Å². The first-order valence-corrected chi connectivity index (χ1v) is 4.89. The minimum Gasteiger partial charge on any atom is -0.508 e. The van der Waals surface area contributed by atoms with Gasteiger partial charge in [-0.05, 0) is 6.92 Å². The minimum absolute atomic E-state index is 0.139. The second kappa shape index (κ2) is 5.20. The molecule has 0 unspecified atom stereocenters. The van der Waals surface area contributed by atoms with Crippen molar-refractivity contribution >= 4 is 11.8 Å². The Morgan fingerprint density at radius 2 is 1.71 bits per heavy atom. The molecule has 0 saturated heterocycles. The van der Waals surface area contributed by atoms with Crippen molar-refractivity contribution in [3.63, 3.8) is 0 Å². The van der Waals surface area contributed by atoms with Crippen molar-refractivity contribution in [2.75, 3.05) is 6.61 Å². The van der Waals surface area contributed by atoms with Gasteiger partial charge in [-0.15, -0.1) is 0 Å². The highest BCUT2D eigenvalue weighted by atomic mass is 16.5. The molecular formula is C11H12O6. The smallest absolute Gasteiger partial charge is 0.313 e. The number of ketones is 1. The summed E-state index contributed by atoms with van der Waals surface area (Å²) in [5.74, 6) is -3.08. The molecule has 3 N–H and O–H groups in total. The summed E-state index contributed by atoms with van der Waals surface area (Å²) in [5.41, 5.74) is -0.407. The van der Waals surface area contributed by atoms with Crippen molar-refractivity contribution in [3.05, 3.63) is 17.7 Å². The van der Waals surface area contributed by atoms with E-state index in [9.17, 15) is 19.8 Å². The maximum atomic E-state index is 11.6. The van der Waals surface area contributed by atoms with E-state index < -0.39 is 35.2 Å². The number of phenolic OH excluding ortho intramolecular Hbond substituents is 3. The van der Waals surface area contributed by atoms with Gasteiger partial charge in [-0.1, -0.05) is 0 Å². The number of aromatic hydroxyl groups is 3. The highest BCUT2D eigenvalue weighted by molar-refractivity contribution is 6.09. The summed E-state index contributed by atoms with van der Waals surface area (Å²) in [5, 5.41) is 27.8. The van der Waals surface area contributed by atoms with Gasteiger partial charge in [0, 0.05) is 12.1 Å². The Balaban J connectivity index is 2.93. The highest BCUT2D eigenvalue weighted by Gasteiger charge is 2.20. The summed E-state index contributed by atoms with van der Waals surface area (Å²) in [6.07, 6.45) is -0.584. The fourth-order valence-corrected chi connectivity index (χ4v) is 1.31. The van der Waals surface area contributed by atoms with E-state index in [0.717, 1.165) is 12.1 Å². The molecule has 0 spiro atoms. The molecule has 1 rings (SSSR count). The Morgan fingerprint density at radius 1 is 1.18 bits per heavy atom. The van der Waals surface area contributed by atoms with E-state index in [1.807, 2.05) is 0 Å². The number of Topliss-reactive ketones (excluding diaryl/α,β-unsaturated/α-hetero) is 1. The molecule has 6 nitrogen and oxygen atoms in total. The van der Waals surface area contributed by atoms with Crippen LogP contribution in [0, 0.1) is 0 Å². The van der Waals surface area contributed by atoms with Gasteiger partial charge < -0.3 is 20.1 Å². The van der Waals surface area contributed by atoms with E-state index in [0.29, 0.717) is 0 Å². The van der Waals surface area contributed by atoms with Gasteiger partial charge in [-0.25, -0.2) is 0 Å². The number of carbonyl (C=O) groups is 2. The molecule has 0 saturated carbocycles. The van der Waals surface area contributed by atoms with Gasteiger partial charge in [0.1, 0.15) is 29.2 Å². The normalized spacial score (nSPS) is 9.94. The zero-order valence-electron chi connectivity index (χ0n) is 9.14. The van der Waals surface area contributed by atoms with Crippen molar-refractivity contribution in [2.45, 2.75) is 13.3 Å². The highest BCUT2D eigenvalue weighted by Crippen LogP contribution is 2.32. The number of phenols is 3. The first kappa shape index (κ1) is 12.8. The van der Waals surface area contributed by atoms with E-state index in [2.05, 4.69) is 4.74 Å². The van der Waals surface area contributed by atoms with E-state index in [1.54, 1.807) is 6.92 Å². The lowest BCUT2D eigenvalue weighted by Gasteiger charge is -2.06. The maximum Gasteiger partial charge on any atom is 0.313 e. The summed E-state index contributed by atoms with van der Waals surface area (Å²) < 4.78 is 4.57. The second-order valence-electron chi connectivity index (χ2n) is 3.26. The second-order valence-corrected chi connectivity index (χ2v) is 3.26. The van der Waals surface area contributed by atoms with Crippen LogP contribution in [0.4, 0.5) is 0 Å². The maximum absolute atomic E-state index is 11.6. The quantitative estimate of drug-likeness (QED) is 0.411. The molecule has 6 heteroatoms. The van der Waals surface area contributed by atoms with E-state index in [-0.39, 0.29) is 12.4 Å². The van der Waals surface area contributed by atoms with Crippen molar-refractivity contribution in [1.82, 2.24) is 0 Å². The first-order valence-electron chi connectivity index (χ1n) is 4.89. The van der Waals surface area contributed by atoms with Gasteiger partial charge in [0.15, 0.2) is 5.78 Å². The molecule has 0 atom stereocenters. The average Bonchev–Trinajstić information content (AvgIpc) is 2.15. The zero-order valence-corrected chi connectivity index (χ0v) is 9.14. The van der Waals surface area contributed by atoms with Gasteiger partial charge in [0.05, 0.1) is 6.61 Å². The van der Waals surface area contributed by atoms with Gasteiger partial charge in [-0.3, -0.25) is 9.59 Å². The largest absolute Gasteiger partial charge is 0.508 e. The van der Waals surface area contributed by atoms with Crippen molar-refractivity contribution in [2.24, 2.45) is 0 Å². The molecule has 1 aromatic rings. The topological polar surface area (TPSA) is 104 Å². The monoisotopic (exact) mass is 240 g/mol. The third-order valence-electron chi connectivity index (χ3n) is 1.97. The molecule has 1 aromatic carbocycles. The summed E-state index contributed by atoms with van der Waals surface area (Å²) in [6.45, 7) is 1.73. The van der Waals surface area contributed by atoms with Crippen LogP contribution < -0.4 is 0 Å². The molecular weight excluding hydrogens is 228 g/mol. The number of carbonyl (C=O) groups excluding carboxylic acids is 2. The predicted molar refractivity (Wildman–Crippen MR) is 57.0 cm³/mol. The van der Waals surface area contributed by atoms with Crippen LogP contribution in [0.5, 0.6) is 17.2 Å². The van der Waals surface area contributed by atoms with Gasteiger partial charge in [0.25, 0.3) is 0 Å². The molecule has 0 aliphatic heterocycles. The Bertz CT molecular complexity index is 428. The van der Waals surface area contributed by atoms with E-state index in [4.69, 9.17) is 5.11 Å². The molecule has 0 heterocycles. The summed E-state index contributed by atoms with van der Waals surface area (Å²) >= 11 is 0. The lowest BCUT2D eigenvalue weighted by Crippen LogP contribution is -2.11. The molecule has 0 amide bonds. The molecule has 0 aliphatic rings. The Labute approximate surface area is 97.1 Å². The van der Waals surface area contributed by atoms with E-state index >= 15 is 0 Å². The Morgan fingerprint density at radius 3 is 2.18 bits per heavy atom. The molecule has 0 fully saturated rings. The molecule has 0 aromatic heterocycles. The van der Waals surface area contributed by atoms with Crippen molar-refractivity contribution in [3.8, 4) is 17.2 Å². The molecule has 0 aliphatic carbocycles. The standard InChI is InChI=1S/C11H12O6/c1-2-17-10(16)5-9(15)11-7(13)3-6(12)4-8(11)14/h3-4,12-14H,2,5H2,1H3. The molecule has 0 radical (unpaired) electrons. The van der Waals surface area contributed by atoms with Crippen molar-refractivity contribution < 1.29 is 29.6 Å². The number of benzene rings is 1. The summed E-state index contributed by atoms with van der Waals surface area (Å²) in [4.78, 5) is 22.6. The van der Waals surface area contributed by atoms with Gasteiger partial charge >= 0.3 is 5.97 Å². The summed E-state index contributed by atoms with van der Waals surface area (Å²) in [6, 6.07) is 1.80. The Kier molecular flexibility index (Phi) is 3.92. The SMILES string of the molecule is CCOC(=O)CC(=O)c1c(O)cc(O)cc1O. The van der Waals surface area contributed by atoms with Crippen LogP contribution in [0.25, 0.3) is 0 Å². The van der Waals surface area contributed by atoms with Crippen LogP contribution in [0.1, 0.15) is 23.7 Å². The zero-order chi connectivity index (χ0) is 13.0. The molecule has 0 bridgehead atoms. The number of ether oxygens (including phenoxy) is 1. The molecule has 92 valence electrons. The third-order valence-corrected chi connectivity index (χ3v) is 1.97. The van der Waals surface area contributed by atoms with Crippen LogP contribution >= 0.6 is 0 Å². The number of rotatable bonds is 4.